The number of benzene rings is 1. The predicted octanol–water partition coefficient (Wildman–Crippen LogP) is 1.42. The second-order valence-electron chi connectivity index (χ2n) is 3.92. The van der Waals surface area contributed by atoms with Crippen molar-refractivity contribution in [3.8, 4) is 5.75 Å². The summed E-state index contributed by atoms with van der Waals surface area (Å²) in [4.78, 5) is 34.6. The van der Waals surface area contributed by atoms with Gasteiger partial charge in [-0.05, 0) is 13.0 Å². The first kappa shape index (κ1) is 12.7. The van der Waals surface area contributed by atoms with Crippen molar-refractivity contribution in [2.45, 2.75) is 6.92 Å². The maximum Gasteiger partial charge on any atom is 0.271 e. The minimum atomic E-state index is -0.603. The van der Waals surface area contributed by atoms with Crippen molar-refractivity contribution in [2.75, 3.05) is 12.0 Å². The molecule has 2 rings (SSSR count). The predicted molar refractivity (Wildman–Crippen MR) is 65.9 cm³/mol. The summed E-state index contributed by atoms with van der Waals surface area (Å²) in [6.07, 6.45) is 1.18. The quantitative estimate of drug-likeness (QED) is 0.467. The van der Waals surface area contributed by atoms with Crippen LogP contribution in [0.15, 0.2) is 29.8 Å². The molecule has 0 radical (unpaired) electrons. The van der Waals surface area contributed by atoms with E-state index >= 15 is 0 Å². The highest BCUT2D eigenvalue weighted by molar-refractivity contribution is 6.30. The molecule has 1 aromatic carbocycles. The van der Waals surface area contributed by atoms with Gasteiger partial charge in [-0.15, -0.1) is 0 Å². The van der Waals surface area contributed by atoms with Crippen molar-refractivity contribution in [2.24, 2.45) is 0 Å². The van der Waals surface area contributed by atoms with Crippen molar-refractivity contribution in [3.05, 3.63) is 40.0 Å². The molecule has 0 bridgehead atoms. The van der Waals surface area contributed by atoms with Gasteiger partial charge in [0.1, 0.15) is 11.4 Å². The molecular weight excluding hydrogens is 252 g/mol. The van der Waals surface area contributed by atoms with Crippen LogP contribution in [0.4, 0.5) is 11.4 Å². The number of hydrogen-bond donors (Lipinski definition) is 0. The fourth-order valence-electron chi connectivity index (χ4n) is 1.78. The van der Waals surface area contributed by atoms with E-state index in [1.807, 2.05) is 0 Å². The molecule has 0 spiro atoms. The number of carbonyl (C=O) groups is 2. The molecule has 1 aliphatic heterocycles. The summed E-state index contributed by atoms with van der Waals surface area (Å²) in [6, 6.07) is 3.73. The summed E-state index contributed by atoms with van der Waals surface area (Å²) in [5.74, 6) is -0.833. The number of ether oxygens (including phenoxy) is 1. The largest absolute Gasteiger partial charge is 0.495 e. The molecule has 0 aromatic heterocycles. The molecule has 7 heteroatoms. The molecule has 7 nitrogen and oxygen atoms in total. The van der Waals surface area contributed by atoms with E-state index in [0.717, 1.165) is 11.0 Å². The Balaban J connectivity index is 2.55. The van der Waals surface area contributed by atoms with Gasteiger partial charge in [-0.3, -0.25) is 19.7 Å². The number of carbonyl (C=O) groups excluding carboxylic acids is 2. The van der Waals surface area contributed by atoms with Gasteiger partial charge in [-0.2, -0.15) is 0 Å². The van der Waals surface area contributed by atoms with Gasteiger partial charge < -0.3 is 4.74 Å². The molecule has 1 heterocycles. The monoisotopic (exact) mass is 262 g/mol. The highest BCUT2D eigenvalue weighted by Gasteiger charge is 2.32. The molecule has 0 N–H and O–H groups in total. The van der Waals surface area contributed by atoms with E-state index in [9.17, 15) is 19.7 Å². The number of non-ortho nitro benzene ring substituents is 1. The Hall–Kier alpha value is -2.70. The first-order chi connectivity index (χ1) is 8.95. The first-order valence-electron chi connectivity index (χ1n) is 5.35. The van der Waals surface area contributed by atoms with Gasteiger partial charge in [0.2, 0.25) is 0 Å². The van der Waals surface area contributed by atoms with Crippen molar-refractivity contribution in [3.63, 3.8) is 0 Å². The number of rotatable bonds is 3. The lowest BCUT2D eigenvalue weighted by atomic mass is 10.2. The Morgan fingerprint density at radius 1 is 1.32 bits per heavy atom. The topological polar surface area (TPSA) is 89.8 Å². The van der Waals surface area contributed by atoms with Crippen LogP contribution in [0, 0.1) is 10.1 Å². The number of anilines is 1. The number of nitrogens with zero attached hydrogens (tertiary/aromatic N) is 2. The molecular formula is C12H10N2O5. The number of nitro benzene ring substituents is 1. The lowest BCUT2D eigenvalue weighted by Crippen LogP contribution is -2.30. The maximum atomic E-state index is 11.9. The van der Waals surface area contributed by atoms with Gasteiger partial charge >= 0.3 is 0 Å². The zero-order valence-corrected chi connectivity index (χ0v) is 10.2. The normalized spacial score (nSPS) is 14.6. The maximum absolute atomic E-state index is 11.9. The highest BCUT2D eigenvalue weighted by Crippen LogP contribution is 2.34. The summed E-state index contributed by atoms with van der Waals surface area (Å²) in [5.41, 5.74) is 0.124. The van der Waals surface area contributed by atoms with Crippen LogP contribution in [0.25, 0.3) is 0 Å². The fraction of sp³-hybridized carbons (Fsp3) is 0.167. The molecule has 0 saturated heterocycles. The van der Waals surface area contributed by atoms with Gasteiger partial charge in [0.15, 0.2) is 0 Å². The Morgan fingerprint density at radius 2 is 2.00 bits per heavy atom. The van der Waals surface area contributed by atoms with Crippen LogP contribution < -0.4 is 9.64 Å². The molecule has 0 unspecified atom stereocenters. The van der Waals surface area contributed by atoms with E-state index in [-0.39, 0.29) is 22.7 Å². The molecule has 0 fully saturated rings. The van der Waals surface area contributed by atoms with E-state index in [4.69, 9.17) is 4.74 Å². The molecule has 0 aliphatic carbocycles. The van der Waals surface area contributed by atoms with Crippen LogP contribution in [0.2, 0.25) is 0 Å². The standard InChI is InChI=1S/C12H10N2O5/c1-7-5-11(15)13(12(7)16)9-6-8(14(17)18)3-4-10(9)19-2/h3-6H,1-2H3. The Bertz CT molecular complexity index is 621. The summed E-state index contributed by atoms with van der Waals surface area (Å²) in [7, 11) is 1.36. The van der Waals surface area contributed by atoms with E-state index in [2.05, 4.69) is 0 Å². The van der Waals surface area contributed by atoms with Crippen LogP contribution >= 0.6 is 0 Å². The minimum absolute atomic E-state index is 0.0693. The number of nitro groups is 1. The third-order valence-electron chi connectivity index (χ3n) is 2.71. The van der Waals surface area contributed by atoms with Crippen molar-refractivity contribution >= 4 is 23.2 Å². The third kappa shape index (κ3) is 2.05. The number of imide groups is 1. The molecule has 0 saturated carbocycles. The number of hydrogen-bond acceptors (Lipinski definition) is 5. The third-order valence-corrected chi connectivity index (χ3v) is 2.71. The average molecular weight is 262 g/mol. The molecule has 2 amide bonds. The smallest absolute Gasteiger partial charge is 0.271 e. The second kappa shape index (κ2) is 4.52. The Labute approximate surface area is 108 Å². The van der Waals surface area contributed by atoms with Gasteiger partial charge in [0.25, 0.3) is 17.5 Å². The Morgan fingerprint density at radius 3 is 2.47 bits per heavy atom. The lowest BCUT2D eigenvalue weighted by Gasteiger charge is -2.17. The van der Waals surface area contributed by atoms with Crippen LogP contribution in [0.3, 0.4) is 0 Å². The second-order valence-corrected chi connectivity index (χ2v) is 3.92. The fourth-order valence-corrected chi connectivity index (χ4v) is 1.78. The SMILES string of the molecule is COc1ccc([N+](=O)[O-])cc1N1C(=O)C=C(C)C1=O. The van der Waals surface area contributed by atoms with Crippen molar-refractivity contribution in [1.29, 1.82) is 0 Å². The zero-order valence-electron chi connectivity index (χ0n) is 10.2. The molecule has 98 valence electrons. The van der Waals surface area contributed by atoms with E-state index in [0.29, 0.717) is 0 Å². The summed E-state index contributed by atoms with van der Waals surface area (Å²) >= 11 is 0. The van der Waals surface area contributed by atoms with Crippen LogP contribution in [0.5, 0.6) is 5.75 Å². The minimum Gasteiger partial charge on any atom is -0.495 e. The van der Waals surface area contributed by atoms with Crippen molar-refractivity contribution in [1.82, 2.24) is 0 Å². The van der Waals surface area contributed by atoms with Crippen LogP contribution in [-0.2, 0) is 9.59 Å². The average Bonchev–Trinajstić information content (AvgIpc) is 2.62. The molecule has 1 aliphatic rings. The number of amides is 2. The number of methoxy groups -OCH3 is 1. The molecule has 19 heavy (non-hydrogen) atoms. The van der Waals surface area contributed by atoms with Gasteiger partial charge in [-0.25, -0.2) is 4.90 Å². The first-order valence-corrected chi connectivity index (χ1v) is 5.35. The summed E-state index contributed by atoms with van der Waals surface area (Å²) in [5, 5.41) is 10.8. The van der Waals surface area contributed by atoms with Crippen LogP contribution in [-0.4, -0.2) is 23.8 Å². The lowest BCUT2D eigenvalue weighted by molar-refractivity contribution is -0.384. The van der Waals surface area contributed by atoms with Crippen LogP contribution in [0.1, 0.15) is 6.92 Å². The van der Waals surface area contributed by atoms with Crippen molar-refractivity contribution < 1.29 is 19.2 Å². The van der Waals surface area contributed by atoms with Gasteiger partial charge in [0.05, 0.1) is 12.0 Å². The molecule has 0 atom stereocenters. The summed E-state index contributed by atoms with van der Waals surface area (Å²) in [6.45, 7) is 1.50. The van der Waals surface area contributed by atoms with E-state index < -0.39 is 16.7 Å². The molecule has 1 aromatic rings. The Kier molecular flexibility index (Phi) is 3.04. The highest BCUT2D eigenvalue weighted by atomic mass is 16.6. The van der Waals surface area contributed by atoms with Gasteiger partial charge in [-0.1, -0.05) is 0 Å². The van der Waals surface area contributed by atoms with E-state index in [1.165, 1.54) is 32.2 Å². The van der Waals surface area contributed by atoms with E-state index in [1.54, 1.807) is 0 Å². The summed E-state index contributed by atoms with van der Waals surface area (Å²) < 4.78 is 5.03. The van der Waals surface area contributed by atoms with Gasteiger partial charge in [0, 0.05) is 23.8 Å². The zero-order chi connectivity index (χ0) is 14.2.